The molecule has 0 aliphatic carbocycles. The number of hydrogen-bond acceptors (Lipinski definition) is 5. The van der Waals surface area contributed by atoms with Crippen LogP contribution in [0.2, 0.25) is 0 Å². The largest absolute Gasteiger partial charge is 0.481 e. The van der Waals surface area contributed by atoms with Crippen molar-refractivity contribution in [2.75, 3.05) is 12.8 Å². The van der Waals surface area contributed by atoms with E-state index in [-0.39, 0.29) is 22.9 Å². The van der Waals surface area contributed by atoms with Crippen molar-refractivity contribution < 1.29 is 17.9 Å². The van der Waals surface area contributed by atoms with Crippen molar-refractivity contribution >= 4 is 11.5 Å². The molecule has 0 saturated heterocycles. The van der Waals surface area contributed by atoms with Gasteiger partial charge in [-0.3, -0.25) is 0 Å². The standard InChI is InChI=1S/C14H12F3N5O/c1-23-13-7(4-12(16)17)2-3-9(20-13)10-5-8(15)11-6-19-14(18)21-22(10)11/h2-3,5-6,12H,4H2,1H3,(H2,18,21). The molecule has 120 valence electrons. The lowest BCUT2D eigenvalue weighted by Crippen LogP contribution is -2.04. The molecule has 3 rings (SSSR count). The zero-order chi connectivity index (χ0) is 16.6. The van der Waals surface area contributed by atoms with E-state index in [0.29, 0.717) is 11.4 Å². The van der Waals surface area contributed by atoms with Crippen LogP contribution in [-0.2, 0) is 6.42 Å². The minimum Gasteiger partial charge on any atom is -0.481 e. The summed E-state index contributed by atoms with van der Waals surface area (Å²) in [5.41, 5.74) is 6.55. The quantitative estimate of drug-likeness (QED) is 0.797. The topological polar surface area (TPSA) is 78.3 Å². The fraction of sp³-hybridized carbons (Fsp3) is 0.214. The number of rotatable bonds is 4. The minimum atomic E-state index is -2.52. The molecule has 23 heavy (non-hydrogen) atoms. The Morgan fingerprint density at radius 1 is 1.35 bits per heavy atom. The molecule has 3 aromatic rings. The Labute approximate surface area is 128 Å². The Balaban J connectivity index is 2.13. The number of alkyl halides is 2. The third kappa shape index (κ3) is 2.77. The van der Waals surface area contributed by atoms with Gasteiger partial charge in [-0.05, 0) is 6.07 Å². The van der Waals surface area contributed by atoms with Crippen molar-refractivity contribution in [2.24, 2.45) is 0 Å². The Bertz CT molecular complexity index is 865. The van der Waals surface area contributed by atoms with Crippen LogP contribution in [0.5, 0.6) is 5.88 Å². The van der Waals surface area contributed by atoms with Gasteiger partial charge in [0, 0.05) is 18.1 Å². The molecular weight excluding hydrogens is 311 g/mol. The molecule has 9 heteroatoms. The first-order valence-corrected chi connectivity index (χ1v) is 6.61. The van der Waals surface area contributed by atoms with Gasteiger partial charge in [-0.1, -0.05) is 6.07 Å². The van der Waals surface area contributed by atoms with Gasteiger partial charge < -0.3 is 10.5 Å². The van der Waals surface area contributed by atoms with Gasteiger partial charge in [0.1, 0.15) is 5.52 Å². The number of hydrogen-bond donors (Lipinski definition) is 1. The third-order valence-electron chi connectivity index (χ3n) is 3.26. The summed E-state index contributed by atoms with van der Waals surface area (Å²) < 4.78 is 45.4. The summed E-state index contributed by atoms with van der Waals surface area (Å²) >= 11 is 0. The van der Waals surface area contributed by atoms with Crippen LogP contribution in [-0.4, -0.2) is 33.1 Å². The number of nitrogens with two attached hydrogens (primary N) is 1. The molecule has 0 saturated carbocycles. The monoisotopic (exact) mass is 323 g/mol. The summed E-state index contributed by atoms with van der Waals surface area (Å²) in [6.07, 6.45) is -1.74. The first-order chi connectivity index (χ1) is 11.0. The number of pyridine rings is 1. The summed E-state index contributed by atoms with van der Waals surface area (Å²) in [6.45, 7) is 0. The summed E-state index contributed by atoms with van der Waals surface area (Å²) in [5, 5.41) is 3.94. The van der Waals surface area contributed by atoms with Crippen LogP contribution < -0.4 is 10.5 Å². The number of ether oxygens (including phenoxy) is 1. The van der Waals surface area contributed by atoms with Crippen LogP contribution in [0, 0.1) is 5.82 Å². The maximum atomic E-state index is 14.0. The van der Waals surface area contributed by atoms with E-state index in [4.69, 9.17) is 10.5 Å². The van der Waals surface area contributed by atoms with Crippen LogP contribution >= 0.6 is 0 Å². The van der Waals surface area contributed by atoms with E-state index in [0.717, 1.165) is 0 Å². The lowest BCUT2D eigenvalue weighted by atomic mass is 10.1. The van der Waals surface area contributed by atoms with Crippen molar-refractivity contribution in [3.8, 4) is 17.3 Å². The molecule has 0 atom stereocenters. The van der Waals surface area contributed by atoms with Gasteiger partial charge >= 0.3 is 0 Å². The molecule has 0 fully saturated rings. The van der Waals surface area contributed by atoms with Gasteiger partial charge in [-0.15, -0.1) is 5.10 Å². The molecular formula is C14H12F3N5O. The predicted molar refractivity (Wildman–Crippen MR) is 76.8 cm³/mol. The van der Waals surface area contributed by atoms with Crippen LogP contribution in [0.4, 0.5) is 19.1 Å². The van der Waals surface area contributed by atoms with Gasteiger partial charge in [0.15, 0.2) is 5.82 Å². The van der Waals surface area contributed by atoms with Crippen molar-refractivity contribution in [1.29, 1.82) is 0 Å². The minimum absolute atomic E-state index is 0.0318. The molecule has 0 amide bonds. The highest BCUT2D eigenvalue weighted by atomic mass is 19.3. The van der Waals surface area contributed by atoms with Gasteiger partial charge in [-0.2, -0.15) is 0 Å². The van der Waals surface area contributed by atoms with Gasteiger partial charge in [-0.25, -0.2) is 27.7 Å². The van der Waals surface area contributed by atoms with Crippen molar-refractivity contribution in [1.82, 2.24) is 19.6 Å². The molecule has 0 radical (unpaired) electrons. The molecule has 6 nitrogen and oxygen atoms in total. The fourth-order valence-corrected chi connectivity index (χ4v) is 2.26. The molecule has 0 bridgehead atoms. The Hall–Kier alpha value is -2.84. The highest BCUT2D eigenvalue weighted by Gasteiger charge is 2.17. The van der Waals surface area contributed by atoms with Gasteiger partial charge in [0.25, 0.3) is 0 Å². The van der Waals surface area contributed by atoms with E-state index in [9.17, 15) is 13.2 Å². The van der Waals surface area contributed by atoms with E-state index in [1.54, 1.807) is 0 Å². The predicted octanol–water partition coefficient (Wildman–Crippen LogP) is 2.33. The normalized spacial score (nSPS) is 11.3. The van der Waals surface area contributed by atoms with Crippen LogP contribution in [0.1, 0.15) is 5.56 Å². The second kappa shape index (κ2) is 5.75. The summed E-state index contributed by atoms with van der Waals surface area (Å²) in [6, 6.07) is 4.19. The lowest BCUT2D eigenvalue weighted by Gasteiger charge is -2.09. The first-order valence-electron chi connectivity index (χ1n) is 6.61. The van der Waals surface area contributed by atoms with Gasteiger partial charge in [0.2, 0.25) is 18.3 Å². The molecule has 2 N–H and O–H groups in total. The Morgan fingerprint density at radius 2 is 2.13 bits per heavy atom. The van der Waals surface area contributed by atoms with E-state index in [2.05, 4.69) is 15.1 Å². The molecule has 0 spiro atoms. The maximum absolute atomic E-state index is 14.0. The summed E-state index contributed by atoms with van der Waals surface area (Å²) in [4.78, 5) is 7.90. The van der Waals surface area contributed by atoms with E-state index >= 15 is 0 Å². The van der Waals surface area contributed by atoms with Crippen LogP contribution in [0.3, 0.4) is 0 Å². The van der Waals surface area contributed by atoms with Crippen molar-refractivity contribution in [3.63, 3.8) is 0 Å². The molecule has 0 aliphatic rings. The molecule has 0 aromatic carbocycles. The molecule has 3 heterocycles. The summed E-state index contributed by atoms with van der Waals surface area (Å²) in [5.74, 6) is -0.520. The molecule has 0 aliphatic heterocycles. The van der Waals surface area contributed by atoms with Crippen molar-refractivity contribution in [3.05, 3.63) is 35.8 Å². The average molecular weight is 323 g/mol. The number of nitrogen functional groups attached to an aromatic ring is 1. The van der Waals surface area contributed by atoms with E-state index in [1.165, 1.54) is 36.0 Å². The number of fused-ring (bicyclic) bond motifs is 1. The molecule has 0 unspecified atom stereocenters. The average Bonchev–Trinajstić information content (AvgIpc) is 2.83. The highest BCUT2D eigenvalue weighted by Crippen LogP contribution is 2.27. The number of halogens is 3. The number of anilines is 1. The zero-order valence-corrected chi connectivity index (χ0v) is 12.0. The number of methoxy groups -OCH3 is 1. The van der Waals surface area contributed by atoms with Gasteiger partial charge in [0.05, 0.1) is 24.7 Å². The zero-order valence-electron chi connectivity index (χ0n) is 12.0. The van der Waals surface area contributed by atoms with E-state index < -0.39 is 18.7 Å². The number of nitrogens with zero attached hydrogens (tertiary/aromatic N) is 4. The Morgan fingerprint density at radius 3 is 2.83 bits per heavy atom. The van der Waals surface area contributed by atoms with E-state index in [1.807, 2.05) is 0 Å². The van der Waals surface area contributed by atoms with Crippen LogP contribution in [0.25, 0.3) is 16.9 Å². The maximum Gasteiger partial charge on any atom is 0.242 e. The lowest BCUT2D eigenvalue weighted by molar-refractivity contribution is 0.147. The smallest absolute Gasteiger partial charge is 0.242 e. The first kappa shape index (κ1) is 15.1. The summed E-state index contributed by atoms with van der Waals surface area (Å²) in [7, 11) is 1.33. The van der Waals surface area contributed by atoms with Crippen molar-refractivity contribution in [2.45, 2.75) is 12.8 Å². The highest BCUT2D eigenvalue weighted by molar-refractivity contribution is 5.65. The second-order valence-corrected chi connectivity index (χ2v) is 4.75. The Kier molecular flexibility index (Phi) is 3.77. The SMILES string of the molecule is COc1nc(-c2cc(F)c3cnc(N)nn23)ccc1CC(F)F. The third-order valence-corrected chi connectivity index (χ3v) is 3.26. The number of aromatic nitrogens is 4. The second-order valence-electron chi connectivity index (χ2n) is 4.75. The molecule has 3 aromatic heterocycles. The fourth-order valence-electron chi connectivity index (χ4n) is 2.26. The van der Waals surface area contributed by atoms with Crippen LogP contribution in [0.15, 0.2) is 24.4 Å².